The molecule has 4 aromatic rings. The molecule has 1 aromatic heterocycles. The van der Waals surface area contributed by atoms with E-state index in [2.05, 4.69) is 24.2 Å². The van der Waals surface area contributed by atoms with Crippen LogP contribution in [0, 0.1) is 6.92 Å². The largest absolute Gasteiger partial charge is 0.478 e. The lowest BCUT2D eigenvalue weighted by atomic mass is 9.83. The highest BCUT2D eigenvalue weighted by Gasteiger charge is 2.21. The van der Waals surface area contributed by atoms with Crippen LogP contribution >= 0.6 is 0 Å². The number of rotatable bonds is 7. The Bertz CT molecular complexity index is 1440. The maximum atomic E-state index is 11.8. The van der Waals surface area contributed by atoms with Gasteiger partial charge in [0.2, 0.25) is 5.56 Å². The van der Waals surface area contributed by atoms with Crippen LogP contribution in [0.5, 0.6) is 0 Å². The number of aryl methyl sites for hydroxylation is 2. The van der Waals surface area contributed by atoms with E-state index < -0.39 is 5.97 Å². The lowest BCUT2D eigenvalue weighted by Crippen LogP contribution is -2.18. The van der Waals surface area contributed by atoms with Crippen molar-refractivity contribution < 1.29 is 15.1 Å². The van der Waals surface area contributed by atoms with Crippen molar-refractivity contribution in [3.05, 3.63) is 129 Å². The van der Waals surface area contributed by atoms with Gasteiger partial charge in [-0.2, -0.15) is 0 Å². The predicted molar refractivity (Wildman–Crippen MR) is 136 cm³/mol. The van der Waals surface area contributed by atoms with E-state index in [1.807, 2.05) is 36.4 Å². The molecule has 4 rings (SSSR count). The second-order valence-corrected chi connectivity index (χ2v) is 8.53. The van der Waals surface area contributed by atoms with Gasteiger partial charge in [-0.1, -0.05) is 65.8 Å². The summed E-state index contributed by atoms with van der Waals surface area (Å²) in [6, 6.07) is 26.2. The molecule has 0 aliphatic carbocycles. The minimum absolute atomic E-state index is 0.0808. The molecule has 176 valence electrons. The van der Waals surface area contributed by atoms with Crippen LogP contribution in [0.15, 0.2) is 101 Å². The zero-order valence-corrected chi connectivity index (χ0v) is 19.6. The molecule has 0 bridgehead atoms. The van der Waals surface area contributed by atoms with Gasteiger partial charge in [-0.25, -0.2) is 4.79 Å². The standard InChI is InChI=1S/C29H26N2O4/c1-19-5-3-4-6-25(19)26(17-27(30-35)24-15-16-28(32)31(2)18-24)22-11-7-20(8-12-22)21-9-13-23(14-10-21)29(33)34/h3-16,18,26,35H,17H2,1-2H3,(H,33,34)/b30-27+. The van der Waals surface area contributed by atoms with Gasteiger partial charge in [0, 0.05) is 37.2 Å². The third-order valence-electron chi connectivity index (χ3n) is 6.28. The summed E-state index contributed by atoms with van der Waals surface area (Å²) >= 11 is 0. The molecule has 0 amide bonds. The van der Waals surface area contributed by atoms with Gasteiger partial charge in [0.05, 0.1) is 11.3 Å². The molecule has 0 aliphatic rings. The highest BCUT2D eigenvalue weighted by Crippen LogP contribution is 2.33. The number of benzene rings is 3. The van der Waals surface area contributed by atoms with Crippen molar-refractivity contribution in [2.75, 3.05) is 0 Å². The summed E-state index contributed by atoms with van der Waals surface area (Å²) in [6.45, 7) is 2.06. The quantitative estimate of drug-likeness (QED) is 0.215. The second kappa shape index (κ2) is 10.2. The molecule has 1 heterocycles. The number of aromatic carboxylic acids is 1. The fourth-order valence-corrected chi connectivity index (χ4v) is 4.27. The van der Waals surface area contributed by atoms with Crippen LogP contribution < -0.4 is 5.56 Å². The van der Waals surface area contributed by atoms with Crippen molar-refractivity contribution in [3.63, 3.8) is 0 Å². The zero-order chi connectivity index (χ0) is 24.9. The number of carboxylic acids is 1. The molecule has 6 nitrogen and oxygen atoms in total. The first-order valence-corrected chi connectivity index (χ1v) is 11.2. The minimum atomic E-state index is -0.951. The van der Waals surface area contributed by atoms with Crippen molar-refractivity contribution in [1.29, 1.82) is 0 Å². The zero-order valence-electron chi connectivity index (χ0n) is 19.6. The van der Waals surface area contributed by atoms with E-state index in [4.69, 9.17) is 5.11 Å². The predicted octanol–water partition coefficient (Wildman–Crippen LogP) is 5.46. The third kappa shape index (κ3) is 5.22. The maximum absolute atomic E-state index is 11.8. The molecule has 0 spiro atoms. The molecule has 0 saturated carbocycles. The number of pyridine rings is 1. The second-order valence-electron chi connectivity index (χ2n) is 8.53. The maximum Gasteiger partial charge on any atom is 0.335 e. The SMILES string of the molecule is Cc1ccccc1C(C/C(=N\O)c1ccc(=O)n(C)c1)c1ccc(-c2ccc(C(=O)O)cc2)cc1. The van der Waals surface area contributed by atoms with E-state index in [0.717, 1.165) is 27.8 Å². The smallest absolute Gasteiger partial charge is 0.335 e. The van der Waals surface area contributed by atoms with Crippen molar-refractivity contribution in [1.82, 2.24) is 4.57 Å². The number of oxime groups is 1. The molecule has 6 heteroatoms. The van der Waals surface area contributed by atoms with Gasteiger partial charge < -0.3 is 14.9 Å². The van der Waals surface area contributed by atoms with Crippen LogP contribution in [0.1, 0.15) is 45.0 Å². The first kappa shape index (κ1) is 23.7. The summed E-state index contributed by atoms with van der Waals surface area (Å²) in [5.74, 6) is -1.03. The van der Waals surface area contributed by atoms with Crippen LogP contribution in [0.25, 0.3) is 11.1 Å². The first-order chi connectivity index (χ1) is 16.9. The average Bonchev–Trinajstić information content (AvgIpc) is 2.87. The summed E-state index contributed by atoms with van der Waals surface area (Å²) in [7, 11) is 1.67. The summed E-state index contributed by atoms with van der Waals surface area (Å²) in [5.41, 5.74) is 6.50. The molecule has 1 unspecified atom stereocenters. The molecule has 0 fully saturated rings. The summed E-state index contributed by atoms with van der Waals surface area (Å²) in [6.07, 6.45) is 2.11. The highest BCUT2D eigenvalue weighted by molar-refractivity contribution is 6.00. The number of hydrogen-bond acceptors (Lipinski definition) is 4. The Morgan fingerprint density at radius 3 is 2.06 bits per heavy atom. The van der Waals surface area contributed by atoms with Gasteiger partial charge in [0.25, 0.3) is 0 Å². The van der Waals surface area contributed by atoms with E-state index >= 15 is 0 Å². The Morgan fingerprint density at radius 1 is 0.886 bits per heavy atom. The van der Waals surface area contributed by atoms with Gasteiger partial charge >= 0.3 is 5.97 Å². The van der Waals surface area contributed by atoms with Crippen molar-refractivity contribution in [2.24, 2.45) is 12.2 Å². The first-order valence-electron chi connectivity index (χ1n) is 11.2. The summed E-state index contributed by atoms with van der Waals surface area (Å²) < 4.78 is 1.47. The fourth-order valence-electron chi connectivity index (χ4n) is 4.27. The Hall–Kier alpha value is -4.45. The van der Waals surface area contributed by atoms with Crippen molar-refractivity contribution in [3.8, 4) is 11.1 Å². The minimum Gasteiger partial charge on any atom is -0.478 e. The molecule has 0 aliphatic heterocycles. The summed E-state index contributed by atoms with van der Waals surface area (Å²) in [4.78, 5) is 23.0. The highest BCUT2D eigenvalue weighted by atomic mass is 16.4. The van der Waals surface area contributed by atoms with E-state index in [1.165, 1.54) is 10.6 Å². The van der Waals surface area contributed by atoms with Crippen LogP contribution in [0.2, 0.25) is 0 Å². The number of carboxylic acid groups (broad SMARTS) is 1. The van der Waals surface area contributed by atoms with Gasteiger partial charge in [-0.15, -0.1) is 0 Å². The Kier molecular flexibility index (Phi) is 6.92. The van der Waals surface area contributed by atoms with E-state index in [1.54, 1.807) is 43.6 Å². The van der Waals surface area contributed by atoms with Crippen LogP contribution in [0.4, 0.5) is 0 Å². The molecule has 35 heavy (non-hydrogen) atoms. The molecular weight excluding hydrogens is 440 g/mol. The van der Waals surface area contributed by atoms with Gasteiger partial charge in [0.1, 0.15) is 0 Å². The average molecular weight is 467 g/mol. The lowest BCUT2D eigenvalue weighted by molar-refractivity contribution is 0.0697. The van der Waals surface area contributed by atoms with Crippen LogP contribution in [0.3, 0.4) is 0 Å². The Balaban J connectivity index is 1.70. The Morgan fingerprint density at radius 2 is 1.49 bits per heavy atom. The molecule has 3 aromatic carbocycles. The van der Waals surface area contributed by atoms with Crippen LogP contribution in [-0.2, 0) is 7.05 Å². The number of hydrogen-bond donors (Lipinski definition) is 2. The third-order valence-corrected chi connectivity index (χ3v) is 6.28. The molecule has 0 radical (unpaired) electrons. The molecular formula is C29H26N2O4. The fraction of sp³-hybridized carbons (Fsp3) is 0.138. The van der Waals surface area contributed by atoms with Gasteiger partial charge in [0.15, 0.2) is 0 Å². The van der Waals surface area contributed by atoms with E-state index in [0.29, 0.717) is 17.7 Å². The van der Waals surface area contributed by atoms with Crippen molar-refractivity contribution >= 4 is 11.7 Å². The normalized spacial score (nSPS) is 12.3. The number of nitrogens with zero attached hydrogens (tertiary/aromatic N) is 2. The summed E-state index contributed by atoms with van der Waals surface area (Å²) in [5, 5.41) is 22.6. The van der Waals surface area contributed by atoms with E-state index in [-0.39, 0.29) is 17.0 Å². The Labute approximate surface area is 203 Å². The lowest BCUT2D eigenvalue weighted by Gasteiger charge is -2.21. The van der Waals surface area contributed by atoms with Crippen molar-refractivity contribution in [2.45, 2.75) is 19.3 Å². The van der Waals surface area contributed by atoms with Crippen LogP contribution in [-0.4, -0.2) is 26.6 Å². The van der Waals surface area contributed by atoms with Gasteiger partial charge in [-0.3, -0.25) is 4.79 Å². The van der Waals surface area contributed by atoms with Gasteiger partial charge in [-0.05, 0) is 52.9 Å². The number of carbonyl (C=O) groups is 1. The van der Waals surface area contributed by atoms with E-state index in [9.17, 15) is 14.8 Å². The monoisotopic (exact) mass is 466 g/mol. The topological polar surface area (TPSA) is 91.9 Å². The molecule has 2 N–H and O–H groups in total. The molecule has 1 atom stereocenters. The number of aromatic nitrogens is 1. The molecule has 0 saturated heterocycles.